The van der Waals surface area contributed by atoms with Crippen molar-refractivity contribution in [3.63, 3.8) is 0 Å². The number of anilines is 1. The second-order valence-electron chi connectivity index (χ2n) is 5.89. The number of thiazole rings is 1. The highest BCUT2D eigenvalue weighted by Crippen LogP contribution is 2.31. The van der Waals surface area contributed by atoms with Crippen LogP contribution >= 0.6 is 11.3 Å². The Labute approximate surface area is 146 Å². The summed E-state index contributed by atoms with van der Waals surface area (Å²) < 4.78 is 3.56. The number of nitrogens with zero attached hydrogens (tertiary/aromatic N) is 2. The summed E-state index contributed by atoms with van der Waals surface area (Å²) in [6.45, 7) is 0. The van der Waals surface area contributed by atoms with Gasteiger partial charge in [-0.1, -0.05) is 53.8 Å². The average Bonchev–Trinajstić information content (AvgIpc) is 2.94. The molecule has 2 heterocycles. The minimum atomic E-state index is 1.24. The molecule has 0 bridgehead atoms. The molecular weight excluding hydrogens is 312 g/mol. The third-order valence-corrected chi connectivity index (χ3v) is 5.54. The van der Waals surface area contributed by atoms with Crippen molar-refractivity contribution in [1.82, 2.24) is 0 Å². The van der Waals surface area contributed by atoms with Gasteiger partial charge in [-0.05, 0) is 23.8 Å². The molecule has 4 rings (SSSR count). The summed E-state index contributed by atoms with van der Waals surface area (Å²) in [6.07, 6.45) is 10.8. The molecule has 0 radical (unpaired) electrons. The van der Waals surface area contributed by atoms with Gasteiger partial charge in [0.2, 0.25) is 5.52 Å². The zero-order valence-corrected chi connectivity index (χ0v) is 14.6. The Balaban J connectivity index is 1.68. The van der Waals surface area contributed by atoms with Crippen LogP contribution in [0, 0.1) is 0 Å². The van der Waals surface area contributed by atoms with Crippen molar-refractivity contribution < 1.29 is 4.57 Å². The van der Waals surface area contributed by atoms with Gasteiger partial charge in [0.1, 0.15) is 11.7 Å². The average molecular weight is 331 g/mol. The first-order chi connectivity index (χ1) is 11.7. The van der Waals surface area contributed by atoms with Crippen LogP contribution in [0.3, 0.4) is 0 Å². The molecule has 1 aromatic heterocycles. The Morgan fingerprint density at radius 3 is 2.71 bits per heavy atom. The van der Waals surface area contributed by atoms with Gasteiger partial charge in [-0.15, -0.1) is 0 Å². The molecule has 1 aliphatic heterocycles. The number of aryl methyl sites for hydroxylation is 1. The normalized spacial score (nSPS) is 15.6. The van der Waals surface area contributed by atoms with E-state index in [1.165, 1.54) is 32.0 Å². The Bertz CT molecular complexity index is 992. The minimum Gasteiger partial charge on any atom is -0.351 e. The summed E-state index contributed by atoms with van der Waals surface area (Å²) in [7, 11) is 4.20. The van der Waals surface area contributed by atoms with E-state index in [0.29, 0.717) is 0 Å². The first kappa shape index (κ1) is 14.9. The molecule has 118 valence electrons. The molecule has 1 aliphatic rings. The minimum absolute atomic E-state index is 1.24. The molecule has 0 atom stereocenters. The topological polar surface area (TPSA) is 7.12 Å². The summed E-state index contributed by atoms with van der Waals surface area (Å²) in [6, 6.07) is 17.0. The Hall–Kier alpha value is -2.65. The van der Waals surface area contributed by atoms with Gasteiger partial charge in [-0.2, -0.15) is 4.57 Å². The van der Waals surface area contributed by atoms with Crippen LogP contribution in [0.1, 0.15) is 10.6 Å². The van der Waals surface area contributed by atoms with Crippen molar-refractivity contribution >= 4 is 38.9 Å². The van der Waals surface area contributed by atoms with Crippen molar-refractivity contribution in [2.45, 2.75) is 0 Å². The first-order valence-corrected chi connectivity index (χ1v) is 8.82. The number of aromatic nitrogens is 1. The number of benzene rings is 2. The van der Waals surface area contributed by atoms with E-state index in [1.807, 2.05) is 11.3 Å². The van der Waals surface area contributed by atoms with Gasteiger partial charge in [0.05, 0.1) is 0 Å². The fourth-order valence-corrected chi connectivity index (χ4v) is 4.10. The van der Waals surface area contributed by atoms with Gasteiger partial charge >= 0.3 is 0 Å². The van der Waals surface area contributed by atoms with Crippen LogP contribution in [-0.2, 0) is 7.05 Å². The molecule has 24 heavy (non-hydrogen) atoms. The van der Waals surface area contributed by atoms with Gasteiger partial charge in [-0.3, -0.25) is 0 Å². The van der Waals surface area contributed by atoms with Gasteiger partial charge in [0.25, 0.3) is 5.01 Å². The van der Waals surface area contributed by atoms with Crippen LogP contribution in [0.4, 0.5) is 5.69 Å². The molecule has 0 N–H and O–H groups in total. The van der Waals surface area contributed by atoms with E-state index in [9.17, 15) is 0 Å². The highest BCUT2D eigenvalue weighted by Gasteiger charge is 2.14. The molecule has 2 aromatic carbocycles. The molecule has 0 saturated carbocycles. The fraction of sp³-hybridized carbons (Fsp3) is 0.0952. The largest absolute Gasteiger partial charge is 0.351 e. The van der Waals surface area contributed by atoms with E-state index >= 15 is 0 Å². The Morgan fingerprint density at radius 2 is 1.83 bits per heavy atom. The maximum atomic E-state index is 2.24. The van der Waals surface area contributed by atoms with Crippen molar-refractivity contribution in [3.8, 4) is 0 Å². The molecule has 0 unspecified atom stereocenters. The van der Waals surface area contributed by atoms with Gasteiger partial charge in [0, 0.05) is 36.6 Å². The predicted octanol–water partition coefficient (Wildman–Crippen LogP) is 4.79. The summed E-state index contributed by atoms with van der Waals surface area (Å²) in [5, 5.41) is 1.25. The maximum absolute atomic E-state index is 2.24. The summed E-state index contributed by atoms with van der Waals surface area (Å²) in [5.41, 5.74) is 5.03. The maximum Gasteiger partial charge on any atom is 0.262 e. The Kier molecular flexibility index (Phi) is 3.79. The molecule has 0 spiro atoms. The molecule has 0 saturated heterocycles. The molecular formula is C21H19N2S+. The standard InChI is InChI=1S/C21H19N2S/c1-22-15-14-16(17-9-3-4-10-18(17)22)8-7-13-21-23(2)19-11-5-6-12-20(19)24-21/h3-15H,1-2H3/q+1. The molecule has 3 aromatic rings. The van der Waals surface area contributed by atoms with Gasteiger partial charge in [0.15, 0.2) is 0 Å². The number of fused-ring (bicyclic) bond motifs is 2. The quantitative estimate of drug-likeness (QED) is 0.613. The van der Waals surface area contributed by atoms with E-state index in [2.05, 4.69) is 103 Å². The lowest BCUT2D eigenvalue weighted by Gasteiger charge is -2.23. The Morgan fingerprint density at radius 1 is 1.04 bits per heavy atom. The van der Waals surface area contributed by atoms with Crippen LogP contribution < -0.4 is 9.47 Å². The van der Waals surface area contributed by atoms with Crippen LogP contribution in [0.2, 0.25) is 0 Å². The number of allylic oxidation sites excluding steroid dienone is 4. The molecule has 0 fully saturated rings. The number of hydrogen-bond donors (Lipinski definition) is 0. The summed E-state index contributed by atoms with van der Waals surface area (Å²) >= 11 is 1.82. The zero-order valence-electron chi connectivity index (χ0n) is 13.8. The summed E-state index contributed by atoms with van der Waals surface area (Å²) in [5.74, 6) is 0. The van der Waals surface area contributed by atoms with E-state index in [4.69, 9.17) is 0 Å². The number of para-hydroxylation sites is 2. The van der Waals surface area contributed by atoms with Crippen molar-refractivity contribution in [2.75, 3.05) is 11.9 Å². The molecule has 0 aliphatic carbocycles. The van der Waals surface area contributed by atoms with Crippen molar-refractivity contribution in [3.05, 3.63) is 83.5 Å². The van der Waals surface area contributed by atoms with Crippen molar-refractivity contribution in [1.29, 1.82) is 0 Å². The van der Waals surface area contributed by atoms with Crippen LogP contribution in [0.15, 0.2) is 73.0 Å². The highest BCUT2D eigenvalue weighted by atomic mass is 32.1. The van der Waals surface area contributed by atoms with Crippen LogP contribution in [-0.4, -0.2) is 7.05 Å². The predicted molar refractivity (Wildman–Crippen MR) is 104 cm³/mol. The lowest BCUT2D eigenvalue weighted by atomic mass is 10.00. The van der Waals surface area contributed by atoms with Crippen LogP contribution in [0.5, 0.6) is 0 Å². The molecule has 2 nitrogen and oxygen atoms in total. The van der Waals surface area contributed by atoms with Gasteiger partial charge < -0.3 is 4.90 Å². The molecule has 0 amide bonds. The highest BCUT2D eigenvalue weighted by molar-refractivity contribution is 7.18. The van der Waals surface area contributed by atoms with E-state index in [1.54, 1.807) is 0 Å². The van der Waals surface area contributed by atoms with E-state index < -0.39 is 0 Å². The van der Waals surface area contributed by atoms with E-state index in [-0.39, 0.29) is 0 Å². The second-order valence-corrected chi connectivity index (χ2v) is 6.95. The third-order valence-electron chi connectivity index (χ3n) is 4.36. The molecule has 3 heteroatoms. The fourth-order valence-electron chi connectivity index (χ4n) is 3.03. The summed E-state index contributed by atoms with van der Waals surface area (Å²) in [4.78, 5) is 2.16. The second kappa shape index (κ2) is 6.10. The smallest absolute Gasteiger partial charge is 0.262 e. The van der Waals surface area contributed by atoms with Gasteiger partial charge in [-0.25, -0.2) is 0 Å². The zero-order chi connectivity index (χ0) is 16.5. The van der Waals surface area contributed by atoms with Crippen molar-refractivity contribution in [2.24, 2.45) is 7.05 Å². The number of rotatable bonds is 2. The van der Waals surface area contributed by atoms with Crippen LogP contribution in [0.25, 0.3) is 21.9 Å². The van der Waals surface area contributed by atoms with E-state index in [0.717, 1.165) is 0 Å². The third kappa shape index (κ3) is 2.57. The lowest BCUT2D eigenvalue weighted by molar-refractivity contribution is -0.642. The SMILES string of the molecule is CN1C=C/C(=C\C=C\c2sc3ccccc3[n+]2C)c2ccccc21. The first-order valence-electron chi connectivity index (χ1n) is 8.00. The number of hydrogen-bond acceptors (Lipinski definition) is 2. The monoisotopic (exact) mass is 331 g/mol. The lowest BCUT2D eigenvalue weighted by Crippen LogP contribution is -2.28.